The fourth-order valence-electron chi connectivity index (χ4n) is 6.33. The molecule has 2 amide bonds. The molecule has 248 valence electrons. The van der Waals surface area contributed by atoms with Gasteiger partial charge in [-0.15, -0.1) is 5.10 Å². The van der Waals surface area contributed by atoms with Crippen molar-refractivity contribution in [3.63, 3.8) is 0 Å². The molecule has 2 aliphatic heterocycles. The van der Waals surface area contributed by atoms with Crippen molar-refractivity contribution in [3.05, 3.63) is 118 Å². The summed E-state index contributed by atoms with van der Waals surface area (Å²) in [5.41, 5.74) is 2.23. The monoisotopic (exact) mass is 713 g/mol. The zero-order chi connectivity index (χ0) is 34.0. The molecule has 0 spiro atoms. The molecule has 2 aliphatic rings. The van der Waals surface area contributed by atoms with Gasteiger partial charge in [0.1, 0.15) is 0 Å². The van der Waals surface area contributed by atoms with Gasteiger partial charge < -0.3 is 19.8 Å². The number of carbonyl (C=O) groups excluding carboxylic acids is 3. The minimum atomic E-state index is -1.81. The fraction of sp³-hybridized carbons (Fsp3) is 0.306. The summed E-state index contributed by atoms with van der Waals surface area (Å²) in [6.07, 6.45) is 5.63. The van der Waals surface area contributed by atoms with Crippen LogP contribution in [0.25, 0.3) is 0 Å². The average molecular weight is 715 g/mol. The van der Waals surface area contributed by atoms with E-state index in [0.717, 1.165) is 15.6 Å². The lowest BCUT2D eigenvalue weighted by Gasteiger charge is -2.39. The van der Waals surface area contributed by atoms with Crippen LogP contribution in [0, 0.1) is 5.92 Å². The minimum absolute atomic E-state index is 0.0819. The van der Waals surface area contributed by atoms with Crippen molar-refractivity contribution in [3.8, 4) is 0 Å². The van der Waals surface area contributed by atoms with Crippen LogP contribution < -0.4 is 9.80 Å². The first-order valence-electron chi connectivity index (χ1n) is 15.7. The van der Waals surface area contributed by atoms with Gasteiger partial charge in [0.15, 0.2) is 11.8 Å². The van der Waals surface area contributed by atoms with Crippen molar-refractivity contribution in [2.45, 2.75) is 57.5 Å². The van der Waals surface area contributed by atoms with Crippen molar-refractivity contribution in [2.24, 2.45) is 5.92 Å². The van der Waals surface area contributed by atoms with Crippen LogP contribution in [-0.4, -0.2) is 55.8 Å². The summed E-state index contributed by atoms with van der Waals surface area (Å²) in [6, 6.07) is 22.3. The van der Waals surface area contributed by atoms with Crippen molar-refractivity contribution in [2.75, 3.05) is 16.4 Å². The molecule has 1 aromatic heterocycles. The molecule has 4 aromatic rings. The third-order valence-corrected chi connectivity index (χ3v) is 9.37. The number of nitrogens with zero attached hydrogens (tertiary/aromatic N) is 5. The molecule has 11 nitrogen and oxygen atoms in total. The number of aryl methyl sites for hydroxylation is 1. The largest absolute Gasteiger partial charge is 0.441 e. The van der Waals surface area contributed by atoms with Crippen LogP contribution >= 0.6 is 15.9 Å². The molecule has 0 bridgehead atoms. The Kier molecular flexibility index (Phi) is 9.58. The summed E-state index contributed by atoms with van der Waals surface area (Å²) in [6.45, 7) is 3.72. The molecule has 1 saturated heterocycles. The van der Waals surface area contributed by atoms with E-state index in [1.54, 1.807) is 33.8 Å². The first-order chi connectivity index (χ1) is 23.1. The number of allylic oxidation sites excluding steroid dienone is 1. The van der Waals surface area contributed by atoms with Gasteiger partial charge >= 0.3 is 5.97 Å². The highest BCUT2D eigenvalue weighted by atomic mass is 79.9. The maximum atomic E-state index is 14.1. The van der Waals surface area contributed by atoms with Crippen LogP contribution in [0.1, 0.15) is 55.0 Å². The third-order valence-electron chi connectivity index (χ3n) is 8.88. The predicted molar refractivity (Wildman–Crippen MR) is 182 cm³/mol. The van der Waals surface area contributed by atoms with Gasteiger partial charge in [-0.1, -0.05) is 82.7 Å². The molecule has 0 aliphatic carbocycles. The van der Waals surface area contributed by atoms with Crippen LogP contribution in [0.4, 0.5) is 11.4 Å². The Morgan fingerprint density at radius 3 is 2.65 bits per heavy atom. The number of anilines is 2. The van der Waals surface area contributed by atoms with Crippen molar-refractivity contribution >= 4 is 45.1 Å². The lowest BCUT2D eigenvalue weighted by atomic mass is 9.83. The number of aliphatic hydroxyl groups is 2. The normalized spacial score (nSPS) is 20.1. The van der Waals surface area contributed by atoms with Gasteiger partial charge in [0.05, 0.1) is 36.9 Å². The number of rotatable bonds is 12. The van der Waals surface area contributed by atoms with Gasteiger partial charge in [-0.05, 0) is 47.9 Å². The van der Waals surface area contributed by atoms with E-state index in [1.165, 1.54) is 11.8 Å². The van der Waals surface area contributed by atoms with E-state index in [9.17, 15) is 24.6 Å². The number of aromatic nitrogens is 3. The van der Waals surface area contributed by atoms with E-state index < -0.39 is 29.6 Å². The number of benzene rings is 3. The van der Waals surface area contributed by atoms with Crippen LogP contribution in [-0.2, 0) is 37.8 Å². The standard InChI is InChI=1S/C36H36BrN5O6/c1-23(9-6-7-16-40-21-31(38-39-40)29(22-43)26-11-4-3-5-12-26)36(47)30-18-27(37)14-15-32(30)41(35(36)46)20-25-10-8-13-28(17-25)42-33(45)19-34(42)48-24(2)44/h3-6,8-15,17-18,21,23,29,34,43,47H,7,16,19-20,22H2,1-2H3/b9-6+/t23-,29?,34?,36+/m0/s1. The Labute approximate surface area is 286 Å². The van der Waals surface area contributed by atoms with E-state index in [-0.39, 0.29) is 31.4 Å². The second kappa shape index (κ2) is 13.8. The van der Waals surface area contributed by atoms with Gasteiger partial charge in [0, 0.05) is 41.3 Å². The molecule has 6 rings (SSSR count). The molecule has 48 heavy (non-hydrogen) atoms. The summed E-state index contributed by atoms with van der Waals surface area (Å²) in [7, 11) is 0. The summed E-state index contributed by atoms with van der Waals surface area (Å²) >= 11 is 3.50. The van der Waals surface area contributed by atoms with Gasteiger partial charge in [-0.3, -0.25) is 24.0 Å². The highest BCUT2D eigenvalue weighted by Gasteiger charge is 2.52. The number of aliphatic hydroxyl groups excluding tert-OH is 1. The van der Waals surface area contributed by atoms with Crippen molar-refractivity contribution in [1.82, 2.24) is 15.0 Å². The Balaban J connectivity index is 1.16. The molecular formula is C36H36BrN5O6. The number of halogens is 1. The molecule has 2 unspecified atom stereocenters. The lowest BCUT2D eigenvalue weighted by Crippen LogP contribution is -2.54. The van der Waals surface area contributed by atoms with E-state index in [4.69, 9.17) is 4.74 Å². The summed E-state index contributed by atoms with van der Waals surface area (Å²) in [5.74, 6) is -1.91. The molecule has 0 radical (unpaired) electrons. The second-order valence-electron chi connectivity index (χ2n) is 12.1. The van der Waals surface area contributed by atoms with Gasteiger partial charge in [0.2, 0.25) is 5.91 Å². The summed E-state index contributed by atoms with van der Waals surface area (Å²) in [5, 5.41) is 30.6. The Morgan fingerprint density at radius 2 is 1.92 bits per heavy atom. The molecule has 3 heterocycles. The number of amides is 2. The Morgan fingerprint density at radius 1 is 1.12 bits per heavy atom. The van der Waals surface area contributed by atoms with E-state index in [1.807, 2.05) is 73.8 Å². The van der Waals surface area contributed by atoms with Crippen molar-refractivity contribution < 1.29 is 29.3 Å². The van der Waals surface area contributed by atoms with Crippen molar-refractivity contribution in [1.29, 1.82) is 0 Å². The maximum Gasteiger partial charge on any atom is 0.304 e. The molecule has 2 N–H and O–H groups in total. The summed E-state index contributed by atoms with van der Waals surface area (Å²) < 4.78 is 7.72. The number of fused-ring (bicyclic) bond motifs is 1. The third kappa shape index (κ3) is 6.43. The number of ether oxygens (including phenoxy) is 1. The van der Waals surface area contributed by atoms with Crippen LogP contribution in [0.3, 0.4) is 0 Å². The number of carbonyl (C=O) groups is 3. The van der Waals surface area contributed by atoms with E-state index in [2.05, 4.69) is 26.2 Å². The highest BCUT2D eigenvalue weighted by Crippen LogP contribution is 2.47. The van der Waals surface area contributed by atoms with Gasteiger partial charge in [-0.25, -0.2) is 0 Å². The van der Waals surface area contributed by atoms with E-state index in [0.29, 0.717) is 35.6 Å². The molecular weight excluding hydrogens is 678 g/mol. The van der Waals surface area contributed by atoms with E-state index >= 15 is 0 Å². The number of esters is 1. The second-order valence-corrected chi connectivity index (χ2v) is 13.0. The van der Waals surface area contributed by atoms with Gasteiger partial charge in [-0.2, -0.15) is 0 Å². The lowest BCUT2D eigenvalue weighted by molar-refractivity contribution is -0.153. The molecule has 0 saturated carbocycles. The Hall–Kier alpha value is -4.65. The van der Waals surface area contributed by atoms with Crippen LogP contribution in [0.5, 0.6) is 0 Å². The highest BCUT2D eigenvalue weighted by molar-refractivity contribution is 9.10. The van der Waals surface area contributed by atoms with Gasteiger partial charge in [0.25, 0.3) is 5.91 Å². The molecule has 12 heteroatoms. The molecule has 4 atom stereocenters. The zero-order valence-electron chi connectivity index (χ0n) is 26.6. The topological polar surface area (TPSA) is 138 Å². The molecule has 3 aromatic carbocycles. The Bertz CT molecular complexity index is 1860. The number of hydrogen-bond donors (Lipinski definition) is 2. The smallest absolute Gasteiger partial charge is 0.304 e. The fourth-order valence-corrected chi connectivity index (χ4v) is 6.69. The van der Waals surface area contributed by atoms with Crippen LogP contribution in [0.15, 0.2) is 95.6 Å². The number of hydrogen-bond acceptors (Lipinski definition) is 8. The maximum absolute atomic E-state index is 14.1. The minimum Gasteiger partial charge on any atom is -0.441 e. The molecule has 1 fully saturated rings. The predicted octanol–water partition coefficient (Wildman–Crippen LogP) is 4.81. The number of β-lactam (4-membered cyclic amide) rings is 1. The summed E-state index contributed by atoms with van der Waals surface area (Å²) in [4.78, 5) is 40.9. The first kappa shape index (κ1) is 33.3. The SMILES string of the molecule is CC(=O)OC1CC(=O)N1c1cccc(CN2C(=O)[C@@](O)([C@@H](C)/C=C/CCn3cc(C(CO)c4ccccc4)nn3)c3cc(Br)ccc32)c1. The quantitative estimate of drug-likeness (QED) is 0.121. The van der Waals surface area contributed by atoms with Crippen LogP contribution in [0.2, 0.25) is 0 Å². The zero-order valence-corrected chi connectivity index (χ0v) is 28.2. The average Bonchev–Trinajstić information content (AvgIpc) is 3.61. The first-order valence-corrected chi connectivity index (χ1v) is 16.5.